The third-order valence-electron chi connectivity index (χ3n) is 5.10. The Kier molecular flexibility index (Phi) is 3.50. The van der Waals surface area contributed by atoms with Crippen LogP contribution in [0.3, 0.4) is 0 Å². The van der Waals surface area contributed by atoms with Gasteiger partial charge in [-0.05, 0) is 74.2 Å². The molecule has 0 aromatic heterocycles. The van der Waals surface area contributed by atoms with Gasteiger partial charge in [-0.2, -0.15) is 0 Å². The lowest BCUT2D eigenvalue weighted by Crippen LogP contribution is -2.29. The van der Waals surface area contributed by atoms with Crippen LogP contribution in [0.25, 0.3) is 0 Å². The first-order valence-corrected chi connectivity index (χ1v) is 7.91. The average molecular weight is 308 g/mol. The first-order valence-electron chi connectivity index (χ1n) is 7.12. The summed E-state index contributed by atoms with van der Waals surface area (Å²) in [4.78, 5) is 0. The van der Waals surface area contributed by atoms with Crippen molar-refractivity contribution in [2.75, 3.05) is 7.05 Å². The standard InChI is InChI=1S/C16H22BrN/c1-10-7-13(17)5-6-14(10)16(18-2)15-9-11-3-4-12(15)8-11/h5-7,11-12,15-16,18H,3-4,8-9H2,1-2H3. The smallest absolute Gasteiger partial charge is 0.0351 e. The molecule has 0 spiro atoms. The predicted octanol–water partition coefficient (Wildman–Crippen LogP) is 4.45. The van der Waals surface area contributed by atoms with E-state index in [0.717, 1.165) is 17.8 Å². The molecule has 1 N–H and O–H groups in total. The van der Waals surface area contributed by atoms with Gasteiger partial charge in [0.2, 0.25) is 0 Å². The van der Waals surface area contributed by atoms with Gasteiger partial charge >= 0.3 is 0 Å². The van der Waals surface area contributed by atoms with Crippen molar-refractivity contribution in [1.82, 2.24) is 5.32 Å². The van der Waals surface area contributed by atoms with Crippen LogP contribution in [-0.2, 0) is 0 Å². The summed E-state index contributed by atoms with van der Waals surface area (Å²) in [5.74, 6) is 2.84. The molecule has 2 aliphatic carbocycles. The van der Waals surface area contributed by atoms with Gasteiger partial charge in [-0.3, -0.25) is 0 Å². The molecule has 3 rings (SSSR count). The molecule has 1 aromatic rings. The van der Waals surface area contributed by atoms with Crippen LogP contribution >= 0.6 is 15.9 Å². The lowest BCUT2D eigenvalue weighted by molar-refractivity contribution is 0.259. The van der Waals surface area contributed by atoms with Gasteiger partial charge in [0.25, 0.3) is 0 Å². The molecule has 1 nitrogen and oxygen atoms in total. The summed E-state index contributed by atoms with van der Waals surface area (Å²) in [6.07, 6.45) is 5.87. The molecule has 0 radical (unpaired) electrons. The molecule has 1 aromatic carbocycles. The lowest BCUT2D eigenvalue weighted by atomic mass is 9.79. The first-order chi connectivity index (χ1) is 8.69. The van der Waals surface area contributed by atoms with Gasteiger partial charge in [-0.1, -0.05) is 28.4 Å². The molecule has 4 atom stereocenters. The highest BCUT2D eigenvalue weighted by Gasteiger charge is 2.43. The number of benzene rings is 1. The molecular formula is C16H22BrN. The predicted molar refractivity (Wildman–Crippen MR) is 79.6 cm³/mol. The molecule has 2 bridgehead atoms. The fraction of sp³-hybridized carbons (Fsp3) is 0.625. The Morgan fingerprint density at radius 3 is 2.67 bits per heavy atom. The van der Waals surface area contributed by atoms with Crippen molar-refractivity contribution in [2.24, 2.45) is 17.8 Å². The molecule has 0 heterocycles. The minimum atomic E-state index is 0.549. The van der Waals surface area contributed by atoms with Crippen LogP contribution in [-0.4, -0.2) is 7.05 Å². The van der Waals surface area contributed by atoms with Crippen molar-refractivity contribution >= 4 is 15.9 Å². The van der Waals surface area contributed by atoms with E-state index in [4.69, 9.17) is 0 Å². The minimum absolute atomic E-state index is 0.549. The van der Waals surface area contributed by atoms with Crippen LogP contribution in [0.1, 0.15) is 42.9 Å². The van der Waals surface area contributed by atoms with E-state index >= 15 is 0 Å². The zero-order valence-corrected chi connectivity index (χ0v) is 12.8. The van der Waals surface area contributed by atoms with Crippen molar-refractivity contribution in [2.45, 2.75) is 38.6 Å². The second kappa shape index (κ2) is 4.97. The van der Waals surface area contributed by atoms with Gasteiger partial charge < -0.3 is 5.32 Å². The summed E-state index contributed by atoms with van der Waals surface area (Å²) in [5, 5.41) is 3.59. The molecule has 2 heteroatoms. The zero-order chi connectivity index (χ0) is 12.7. The van der Waals surface area contributed by atoms with Gasteiger partial charge in [-0.15, -0.1) is 0 Å². The summed E-state index contributed by atoms with van der Waals surface area (Å²) in [6.45, 7) is 2.23. The van der Waals surface area contributed by atoms with E-state index in [-0.39, 0.29) is 0 Å². The van der Waals surface area contributed by atoms with E-state index in [9.17, 15) is 0 Å². The van der Waals surface area contributed by atoms with Crippen molar-refractivity contribution in [3.05, 3.63) is 33.8 Å². The Bertz CT molecular complexity index is 443. The monoisotopic (exact) mass is 307 g/mol. The summed E-state index contributed by atoms with van der Waals surface area (Å²) in [5.41, 5.74) is 2.91. The van der Waals surface area contributed by atoms with Crippen molar-refractivity contribution in [3.8, 4) is 0 Å². The summed E-state index contributed by atoms with van der Waals surface area (Å²) >= 11 is 3.56. The highest BCUT2D eigenvalue weighted by atomic mass is 79.9. The van der Waals surface area contributed by atoms with E-state index in [1.807, 2.05) is 0 Å². The maximum Gasteiger partial charge on any atom is 0.0351 e. The molecule has 2 saturated carbocycles. The topological polar surface area (TPSA) is 12.0 Å². The van der Waals surface area contributed by atoms with Crippen LogP contribution < -0.4 is 5.32 Å². The molecule has 4 unspecified atom stereocenters. The van der Waals surface area contributed by atoms with E-state index in [1.54, 1.807) is 0 Å². The van der Waals surface area contributed by atoms with Crippen molar-refractivity contribution in [1.29, 1.82) is 0 Å². The Hall–Kier alpha value is -0.340. The van der Waals surface area contributed by atoms with Crippen LogP contribution in [0, 0.1) is 24.7 Å². The number of hydrogen-bond donors (Lipinski definition) is 1. The molecule has 0 amide bonds. The normalized spacial score (nSPS) is 31.8. The van der Waals surface area contributed by atoms with E-state index in [2.05, 4.69) is 53.4 Å². The number of nitrogens with one attached hydrogen (secondary N) is 1. The number of rotatable bonds is 3. The molecule has 18 heavy (non-hydrogen) atoms. The van der Waals surface area contributed by atoms with Crippen molar-refractivity contribution in [3.63, 3.8) is 0 Å². The number of hydrogen-bond acceptors (Lipinski definition) is 1. The Morgan fingerprint density at radius 2 is 2.11 bits per heavy atom. The Balaban J connectivity index is 1.88. The molecular weight excluding hydrogens is 286 g/mol. The molecule has 98 valence electrons. The number of fused-ring (bicyclic) bond motifs is 2. The Labute approximate surface area is 118 Å². The van der Waals surface area contributed by atoms with Gasteiger partial charge in [-0.25, -0.2) is 0 Å². The SMILES string of the molecule is CNC(c1ccc(Br)cc1C)C1CC2CCC1C2. The highest BCUT2D eigenvalue weighted by Crippen LogP contribution is 2.52. The van der Waals surface area contributed by atoms with Gasteiger partial charge in [0.1, 0.15) is 0 Å². The van der Waals surface area contributed by atoms with Crippen LogP contribution in [0.4, 0.5) is 0 Å². The van der Waals surface area contributed by atoms with Crippen molar-refractivity contribution < 1.29 is 0 Å². The largest absolute Gasteiger partial charge is 0.313 e. The minimum Gasteiger partial charge on any atom is -0.313 e. The molecule has 2 fully saturated rings. The second-order valence-electron chi connectivity index (χ2n) is 6.11. The fourth-order valence-corrected chi connectivity index (χ4v) is 4.77. The van der Waals surface area contributed by atoms with Crippen LogP contribution in [0.2, 0.25) is 0 Å². The second-order valence-corrected chi connectivity index (χ2v) is 7.02. The van der Waals surface area contributed by atoms with E-state index in [1.165, 1.54) is 41.3 Å². The number of halogens is 1. The maximum absolute atomic E-state index is 3.59. The molecule has 0 aliphatic heterocycles. The zero-order valence-electron chi connectivity index (χ0n) is 11.2. The maximum atomic E-state index is 3.59. The third-order valence-corrected chi connectivity index (χ3v) is 5.59. The van der Waals surface area contributed by atoms with Gasteiger partial charge in [0.15, 0.2) is 0 Å². The Morgan fingerprint density at radius 1 is 1.28 bits per heavy atom. The molecule has 0 saturated heterocycles. The van der Waals surface area contributed by atoms with E-state index in [0.29, 0.717) is 6.04 Å². The van der Waals surface area contributed by atoms with Crippen LogP contribution in [0.5, 0.6) is 0 Å². The quantitative estimate of drug-likeness (QED) is 0.869. The summed E-state index contributed by atoms with van der Waals surface area (Å²) in [7, 11) is 2.12. The van der Waals surface area contributed by atoms with Gasteiger partial charge in [0.05, 0.1) is 0 Å². The third kappa shape index (κ3) is 2.14. The van der Waals surface area contributed by atoms with Crippen LogP contribution in [0.15, 0.2) is 22.7 Å². The first kappa shape index (κ1) is 12.7. The van der Waals surface area contributed by atoms with Gasteiger partial charge in [0, 0.05) is 10.5 Å². The summed E-state index contributed by atoms with van der Waals surface area (Å²) < 4.78 is 1.19. The summed E-state index contributed by atoms with van der Waals surface area (Å²) in [6, 6.07) is 7.27. The fourth-order valence-electron chi connectivity index (χ4n) is 4.29. The lowest BCUT2D eigenvalue weighted by Gasteiger charge is -2.31. The van der Waals surface area contributed by atoms with E-state index < -0.39 is 0 Å². The number of aryl methyl sites for hydroxylation is 1. The average Bonchev–Trinajstić information content (AvgIpc) is 2.95. The molecule has 2 aliphatic rings. The highest BCUT2D eigenvalue weighted by molar-refractivity contribution is 9.10.